The van der Waals surface area contributed by atoms with Crippen molar-refractivity contribution in [3.05, 3.63) is 36.4 Å². The fourth-order valence-corrected chi connectivity index (χ4v) is 1.22. The van der Waals surface area contributed by atoms with Crippen LogP contribution in [0.25, 0.3) is 0 Å². The van der Waals surface area contributed by atoms with Crippen molar-refractivity contribution in [1.82, 2.24) is 5.32 Å². The van der Waals surface area contributed by atoms with Gasteiger partial charge in [-0.15, -0.1) is 0 Å². The highest BCUT2D eigenvalue weighted by Gasteiger charge is 2.04. The number of nitrogens with one attached hydrogen (secondary N) is 2. The van der Waals surface area contributed by atoms with Gasteiger partial charge in [-0.25, -0.2) is 9.59 Å². The van der Waals surface area contributed by atoms with Gasteiger partial charge in [0.25, 0.3) is 0 Å². The summed E-state index contributed by atoms with van der Waals surface area (Å²) in [5.74, 6) is -0.474. The van der Waals surface area contributed by atoms with E-state index in [0.717, 1.165) is 0 Å². The molecule has 0 fully saturated rings. The zero-order valence-corrected chi connectivity index (χ0v) is 10.7. The Morgan fingerprint density at radius 1 is 1.42 bits per heavy atom. The number of carbonyl (C=O) groups is 2. The van der Waals surface area contributed by atoms with Gasteiger partial charge in [0.2, 0.25) is 0 Å². The van der Waals surface area contributed by atoms with Gasteiger partial charge in [0.15, 0.2) is 0 Å². The highest BCUT2D eigenvalue weighted by atomic mass is 16.5. The van der Waals surface area contributed by atoms with E-state index in [0.29, 0.717) is 16.9 Å². The molecular weight excluding hydrogens is 246 g/mol. The minimum atomic E-state index is -0.474. The Morgan fingerprint density at radius 3 is 2.79 bits per heavy atom. The maximum Gasteiger partial charge on any atom is 0.333 e. The first-order chi connectivity index (χ1) is 8.99. The van der Waals surface area contributed by atoms with Gasteiger partial charge in [-0.05, 0) is 25.1 Å². The molecule has 0 aliphatic heterocycles. The van der Waals surface area contributed by atoms with Gasteiger partial charge < -0.3 is 21.1 Å². The summed E-state index contributed by atoms with van der Waals surface area (Å²) in [4.78, 5) is 22.5. The molecule has 1 rings (SSSR count). The molecule has 6 nitrogen and oxygen atoms in total. The summed E-state index contributed by atoms with van der Waals surface area (Å²) in [5, 5.41) is 5.15. The molecule has 0 saturated heterocycles. The third-order valence-corrected chi connectivity index (χ3v) is 2.11. The van der Waals surface area contributed by atoms with Crippen molar-refractivity contribution in [1.29, 1.82) is 0 Å². The summed E-state index contributed by atoms with van der Waals surface area (Å²) >= 11 is 0. The molecule has 1 aromatic carbocycles. The van der Waals surface area contributed by atoms with E-state index in [-0.39, 0.29) is 13.2 Å². The van der Waals surface area contributed by atoms with Crippen molar-refractivity contribution in [2.45, 2.75) is 6.92 Å². The fourth-order valence-electron chi connectivity index (χ4n) is 1.22. The predicted octanol–water partition coefficient (Wildman–Crippen LogP) is 1.51. The fraction of sp³-hybridized carbons (Fsp3) is 0.231. The number of rotatable bonds is 5. The minimum Gasteiger partial charge on any atom is -0.460 e. The molecule has 0 radical (unpaired) electrons. The van der Waals surface area contributed by atoms with E-state index in [1.165, 1.54) is 0 Å². The van der Waals surface area contributed by atoms with Crippen molar-refractivity contribution in [2.75, 3.05) is 24.2 Å². The molecule has 4 N–H and O–H groups in total. The van der Waals surface area contributed by atoms with Crippen molar-refractivity contribution >= 4 is 23.4 Å². The van der Waals surface area contributed by atoms with Gasteiger partial charge in [-0.2, -0.15) is 0 Å². The third kappa shape index (κ3) is 5.58. The summed E-state index contributed by atoms with van der Waals surface area (Å²) < 4.78 is 4.82. The lowest BCUT2D eigenvalue weighted by atomic mass is 10.3. The normalized spacial score (nSPS) is 9.53. The second-order valence-electron chi connectivity index (χ2n) is 3.92. The molecular formula is C13H17N3O3. The monoisotopic (exact) mass is 263 g/mol. The number of nitrogens with two attached hydrogens (primary N) is 1. The van der Waals surface area contributed by atoms with Crippen molar-refractivity contribution in [2.24, 2.45) is 0 Å². The lowest BCUT2D eigenvalue weighted by Crippen LogP contribution is -2.32. The maximum absolute atomic E-state index is 11.5. The lowest BCUT2D eigenvalue weighted by molar-refractivity contribution is -0.138. The Kier molecular flexibility index (Phi) is 5.40. The van der Waals surface area contributed by atoms with E-state index in [2.05, 4.69) is 17.2 Å². The number of amides is 2. The smallest absolute Gasteiger partial charge is 0.333 e. The summed E-state index contributed by atoms with van der Waals surface area (Å²) in [6, 6.07) is 6.43. The van der Waals surface area contributed by atoms with Crippen LogP contribution in [-0.2, 0) is 9.53 Å². The highest BCUT2D eigenvalue weighted by Crippen LogP contribution is 2.11. The van der Waals surface area contributed by atoms with Gasteiger partial charge in [0.05, 0.1) is 6.54 Å². The van der Waals surface area contributed by atoms with E-state index in [1.807, 2.05) is 0 Å². The third-order valence-electron chi connectivity index (χ3n) is 2.11. The second-order valence-corrected chi connectivity index (χ2v) is 3.92. The number of esters is 1. The van der Waals surface area contributed by atoms with Gasteiger partial charge in [0.1, 0.15) is 6.61 Å². The average Bonchev–Trinajstić information content (AvgIpc) is 2.34. The first kappa shape index (κ1) is 14.6. The van der Waals surface area contributed by atoms with E-state index in [4.69, 9.17) is 10.5 Å². The number of hydrogen-bond donors (Lipinski definition) is 3. The Labute approximate surface area is 111 Å². The summed E-state index contributed by atoms with van der Waals surface area (Å²) in [7, 11) is 0. The quantitative estimate of drug-likeness (QED) is 0.325. The van der Waals surface area contributed by atoms with Crippen LogP contribution in [0.4, 0.5) is 16.2 Å². The molecule has 2 amide bonds. The zero-order valence-electron chi connectivity index (χ0n) is 10.7. The van der Waals surface area contributed by atoms with Crippen LogP contribution in [0, 0.1) is 0 Å². The second kappa shape index (κ2) is 7.05. The number of anilines is 2. The van der Waals surface area contributed by atoms with Crippen LogP contribution >= 0.6 is 0 Å². The molecule has 0 aliphatic rings. The molecule has 0 spiro atoms. The summed E-state index contributed by atoms with van der Waals surface area (Å²) in [6.45, 7) is 5.31. The lowest BCUT2D eigenvalue weighted by Gasteiger charge is -2.08. The molecule has 0 aromatic heterocycles. The van der Waals surface area contributed by atoms with E-state index in [9.17, 15) is 9.59 Å². The van der Waals surface area contributed by atoms with Crippen LogP contribution in [0.1, 0.15) is 6.92 Å². The SMILES string of the molecule is C=C(C)C(=O)OCCNC(=O)Nc1cccc(N)c1. The molecule has 0 unspecified atom stereocenters. The number of carbonyl (C=O) groups excluding carboxylic acids is 2. The van der Waals surface area contributed by atoms with Gasteiger partial charge in [0, 0.05) is 16.9 Å². The molecule has 102 valence electrons. The van der Waals surface area contributed by atoms with Crippen molar-refractivity contribution < 1.29 is 14.3 Å². The van der Waals surface area contributed by atoms with Crippen LogP contribution < -0.4 is 16.4 Å². The number of ether oxygens (including phenoxy) is 1. The van der Waals surface area contributed by atoms with Crippen LogP contribution in [0.15, 0.2) is 36.4 Å². The number of urea groups is 1. The molecule has 0 saturated carbocycles. The molecule has 0 heterocycles. The molecule has 0 aliphatic carbocycles. The van der Waals surface area contributed by atoms with E-state index in [1.54, 1.807) is 31.2 Å². The van der Waals surface area contributed by atoms with Crippen LogP contribution in [0.5, 0.6) is 0 Å². The summed E-state index contributed by atoms with van der Waals surface area (Å²) in [6.07, 6.45) is 0. The first-order valence-electron chi connectivity index (χ1n) is 5.72. The van der Waals surface area contributed by atoms with E-state index >= 15 is 0 Å². The Hall–Kier alpha value is -2.50. The van der Waals surface area contributed by atoms with Gasteiger partial charge in [-0.3, -0.25) is 0 Å². The number of benzene rings is 1. The Balaban J connectivity index is 2.25. The largest absolute Gasteiger partial charge is 0.460 e. The molecule has 19 heavy (non-hydrogen) atoms. The predicted molar refractivity (Wildman–Crippen MR) is 73.6 cm³/mol. The standard InChI is InChI=1S/C13H17N3O3/c1-9(2)12(17)19-7-6-15-13(18)16-11-5-3-4-10(14)8-11/h3-5,8H,1,6-7,14H2,2H3,(H2,15,16,18). The molecule has 1 aromatic rings. The average molecular weight is 263 g/mol. The Bertz CT molecular complexity index is 486. The van der Waals surface area contributed by atoms with Crippen LogP contribution in [-0.4, -0.2) is 25.2 Å². The van der Waals surface area contributed by atoms with Gasteiger partial charge >= 0.3 is 12.0 Å². The topological polar surface area (TPSA) is 93.4 Å². The van der Waals surface area contributed by atoms with Crippen LogP contribution in [0.2, 0.25) is 0 Å². The van der Waals surface area contributed by atoms with Crippen molar-refractivity contribution in [3.63, 3.8) is 0 Å². The van der Waals surface area contributed by atoms with Crippen LogP contribution in [0.3, 0.4) is 0 Å². The van der Waals surface area contributed by atoms with Crippen molar-refractivity contribution in [3.8, 4) is 0 Å². The Morgan fingerprint density at radius 2 is 2.16 bits per heavy atom. The zero-order chi connectivity index (χ0) is 14.3. The molecule has 6 heteroatoms. The number of nitrogen functional groups attached to an aromatic ring is 1. The first-order valence-corrected chi connectivity index (χ1v) is 5.72. The maximum atomic E-state index is 11.5. The molecule has 0 bridgehead atoms. The minimum absolute atomic E-state index is 0.0933. The summed E-state index contributed by atoms with van der Waals surface area (Å²) in [5.41, 5.74) is 7.06. The van der Waals surface area contributed by atoms with Gasteiger partial charge in [-0.1, -0.05) is 12.6 Å². The number of hydrogen-bond acceptors (Lipinski definition) is 4. The highest BCUT2D eigenvalue weighted by molar-refractivity contribution is 5.89. The molecule has 0 atom stereocenters. The van der Waals surface area contributed by atoms with E-state index < -0.39 is 12.0 Å².